The van der Waals surface area contributed by atoms with E-state index in [0.717, 1.165) is 5.52 Å². The fourth-order valence-electron chi connectivity index (χ4n) is 1.95. The Kier molecular flexibility index (Phi) is 3.34. The van der Waals surface area contributed by atoms with Crippen molar-refractivity contribution in [2.45, 2.75) is 4.90 Å². The van der Waals surface area contributed by atoms with Gasteiger partial charge < -0.3 is 5.73 Å². The quantitative estimate of drug-likeness (QED) is 0.620. The first-order valence-corrected chi connectivity index (χ1v) is 8.25. The molecule has 108 valence electrons. The van der Waals surface area contributed by atoms with E-state index in [2.05, 4.69) is 30.8 Å². The Balaban J connectivity index is 2.03. The first kappa shape index (κ1) is 13.9. The highest BCUT2D eigenvalue weighted by Gasteiger charge is 2.16. The molecule has 0 aliphatic heterocycles. The number of nitrogens with one attached hydrogen (secondary N) is 2. The van der Waals surface area contributed by atoms with Gasteiger partial charge in [-0.25, -0.2) is 8.42 Å². The minimum atomic E-state index is -3.71. The molecular formula is C13H11BrN4O2S. The molecule has 0 spiro atoms. The van der Waals surface area contributed by atoms with Crippen LogP contribution in [-0.4, -0.2) is 18.6 Å². The van der Waals surface area contributed by atoms with Crippen molar-refractivity contribution >= 4 is 48.2 Å². The molecule has 0 fully saturated rings. The number of aromatic amines is 1. The van der Waals surface area contributed by atoms with E-state index in [9.17, 15) is 8.42 Å². The summed E-state index contributed by atoms with van der Waals surface area (Å²) in [7, 11) is -3.71. The van der Waals surface area contributed by atoms with Crippen LogP contribution >= 0.6 is 15.9 Å². The molecule has 0 bridgehead atoms. The molecule has 0 amide bonds. The van der Waals surface area contributed by atoms with E-state index in [1.165, 1.54) is 12.1 Å². The van der Waals surface area contributed by atoms with Crippen molar-refractivity contribution in [3.8, 4) is 0 Å². The molecule has 2 aromatic carbocycles. The van der Waals surface area contributed by atoms with Crippen LogP contribution in [0.15, 0.2) is 52.0 Å². The maximum Gasteiger partial charge on any atom is 0.261 e. The third-order valence-electron chi connectivity index (χ3n) is 3.01. The number of hydrogen-bond donors (Lipinski definition) is 3. The largest absolute Gasteiger partial charge is 0.398 e. The number of hydrogen-bond acceptors (Lipinski definition) is 4. The molecule has 3 rings (SSSR count). The van der Waals surface area contributed by atoms with E-state index in [4.69, 9.17) is 5.73 Å². The normalized spacial score (nSPS) is 11.7. The van der Waals surface area contributed by atoms with Crippen LogP contribution < -0.4 is 10.5 Å². The molecule has 0 saturated carbocycles. The Bertz CT molecular complexity index is 921. The van der Waals surface area contributed by atoms with Gasteiger partial charge in [-0.2, -0.15) is 5.10 Å². The standard InChI is InChI=1S/C13H11BrN4O2S/c14-10-5-4-8(6-11(10)15)21(19,20)18-13-3-1-2-12-9(13)7-16-17-12/h1-7,18H,15H2,(H,16,17). The van der Waals surface area contributed by atoms with Crippen LogP contribution in [0.5, 0.6) is 0 Å². The van der Waals surface area contributed by atoms with Crippen LogP contribution in [0.2, 0.25) is 0 Å². The average molecular weight is 367 g/mol. The van der Waals surface area contributed by atoms with Crippen LogP contribution in [0.25, 0.3) is 10.9 Å². The molecule has 8 heteroatoms. The number of H-pyrrole nitrogens is 1. The number of aromatic nitrogens is 2. The molecule has 3 aromatic rings. The Morgan fingerprint density at radius 2 is 2.05 bits per heavy atom. The Morgan fingerprint density at radius 3 is 2.81 bits per heavy atom. The predicted octanol–water partition coefficient (Wildman–Crippen LogP) is 2.71. The van der Waals surface area contributed by atoms with Gasteiger partial charge in [0.15, 0.2) is 0 Å². The lowest BCUT2D eigenvalue weighted by atomic mass is 10.2. The number of halogens is 1. The minimum absolute atomic E-state index is 0.101. The van der Waals surface area contributed by atoms with E-state index >= 15 is 0 Å². The molecule has 1 aromatic heterocycles. The Hall–Kier alpha value is -2.06. The highest BCUT2D eigenvalue weighted by Crippen LogP contribution is 2.27. The van der Waals surface area contributed by atoms with Crippen LogP contribution in [0.4, 0.5) is 11.4 Å². The summed E-state index contributed by atoms with van der Waals surface area (Å²) in [6, 6.07) is 9.73. The number of rotatable bonds is 3. The lowest BCUT2D eigenvalue weighted by molar-refractivity contribution is 0.601. The van der Waals surface area contributed by atoms with Gasteiger partial charge in [0.25, 0.3) is 10.0 Å². The first-order valence-electron chi connectivity index (χ1n) is 5.97. The number of sulfonamides is 1. The number of fused-ring (bicyclic) bond motifs is 1. The molecule has 0 unspecified atom stereocenters. The molecule has 21 heavy (non-hydrogen) atoms. The van der Waals surface area contributed by atoms with Crippen LogP contribution in [0, 0.1) is 0 Å². The Labute approximate surface area is 129 Å². The zero-order chi connectivity index (χ0) is 15.0. The molecule has 0 aliphatic carbocycles. The summed E-state index contributed by atoms with van der Waals surface area (Å²) in [5, 5.41) is 7.40. The van der Waals surface area contributed by atoms with Crippen molar-refractivity contribution in [2.24, 2.45) is 0 Å². The van der Waals surface area contributed by atoms with E-state index in [1.807, 2.05) is 6.07 Å². The fraction of sp³-hybridized carbons (Fsp3) is 0. The molecule has 0 atom stereocenters. The number of nitrogen functional groups attached to an aromatic ring is 1. The van der Waals surface area contributed by atoms with Gasteiger partial charge in [-0.05, 0) is 46.3 Å². The lowest BCUT2D eigenvalue weighted by Gasteiger charge is -2.10. The second-order valence-corrected chi connectivity index (χ2v) is 6.96. The van der Waals surface area contributed by atoms with Gasteiger partial charge in [0, 0.05) is 15.5 Å². The summed E-state index contributed by atoms with van der Waals surface area (Å²) in [6.07, 6.45) is 1.57. The minimum Gasteiger partial charge on any atom is -0.398 e. The van der Waals surface area contributed by atoms with Crippen molar-refractivity contribution in [3.63, 3.8) is 0 Å². The van der Waals surface area contributed by atoms with Gasteiger partial charge in [0.1, 0.15) is 0 Å². The van der Waals surface area contributed by atoms with Crippen molar-refractivity contribution in [1.29, 1.82) is 0 Å². The van der Waals surface area contributed by atoms with Gasteiger partial charge >= 0.3 is 0 Å². The topological polar surface area (TPSA) is 101 Å². The van der Waals surface area contributed by atoms with Crippen LogP contribution in [-0.2, 0) is 10.0 Å². The van der Waals surface area contributed by atoms with E-state index < -0.39 is 10.0 Å². The van der Waals surface area contributed by atoms with E-state index in [-0.39, 0.29) is 4.90 Å². The molecule has 0 aliphatic rings. The molecular weight excluding hydrogens is 356 g/mol. The smallest absolute Gasteiger partial charge is 0.261 e. The predicted molar refractivity (Wildman–Crippen MR) is 85.5 cm³/mol. The highest BCUT2D eigenvalue weighted by atomic mass is 79.9. The van der Waals surface area contributed by atoms with Gasteiger partial charge in [-0.15, -0.1) is 0 Å². The molecule has 4 N–H and O–H groups in total. The zero-order valence-electron chi connectivity index (χ0n) is 10.7. The SMILES string of the molecule is Nc1cc(S(=O)(=O)Nc2cccc3[nH]ncc23)ccc1Br. The van der Waals surface area contributed by atoms with Crippen molar-refractivity contribution < 1.29 is 8.42 Å². The second-order valence-electron chi connectivity index (χ2n) is 4.43. The number of benzene rings is 2. The van der Waals surface area contributed by atoms with Gasteiger partial charge in [-0.3, -0.25) is 9.82 Å². The summed E-state index contributed by atoms with van der Waals surface area (Å²) in [5.41, 5.74) is 7.31. The third kappa shape index (κ3) is 2.59. The maximum atomic E-state index is 12.4. The second kappa shape index (κ2) is 5.05. The zero-order valence-corrected chi connectivity index (χ0v) is 13.1. The fourth-order valence-corrected chi connectivity index (χ4v) is 3.31. The molecule has 6 nitrogen and oxygen atoms in total. The summed E-state index contributed by atoms with van der Waals surface area (Å²) < 4.78 is 28.0. The lowest BCUT2D eigenvalue weighted by Crippen LogP contribution is -2.13. The average Bonchev–Trinajstić information content (AvgIpc) is 2.91. The summed E-state index contributed by atoms with van der Waals surface area (Å²) in [5.74, 6) is 0. The van der Waals surface area contributed by atoms with Crippen molar-refractivity contribution in [2.75, 3.05) is 10.5 Å². The van der Waals surface area contributed by atoms with E-state index in [0.29, 0.717) is 21.2 Å². The molecule has 1 heterocycles. The summed E-state index contributed by atoms with van der Waals surface area (Å²) >= 11 is 3.24. The number of nitrogens with zero attached hydrogens (tertiary/aromatic N) is 1. The van der Waals surface area contributed by atoms with Gasteiger partial charge in [0.2, 0.25) is 0 Å². The van der Waals surface area contributed by atoms with Gasteiger partial charge in [0.05, 0.1) is 22.3 Å². The number of nitrogens with two attached hydrogens (primary N) is 1. The van der Waals surface area contributed by atoms with Gasteiger partial charge in [-0.1, -0.05) is 6.07 Å². The molecule has 0 saturated heterocycles. The number of anilines is 2. The Morgan fingerprint density at radius 1 is 1.24 bits per heavy atom. The van der Waals surface area contributed by atoms with Crippen molar-refractivity contribution in [1.82, 2.24) is 10.2 Å². The van der Waals surface area contributed by atoms with E-state index in [1.54, 1.807) is 24.4 Å². The van der Waals surface area contributed by atoms with Crippen LogP contribution in [0.3, 0.4) is 0 Å². The first-order chi connectivity index (χ1) is 9.97. The summed E-state index contributed by atoms with van der Waals surface area (Å²) in [4.78, 5) is 0.101. The third-order valence-corrected chi connectivity index (χ3v) is 5.09. The summed E-state index contributed by atoms with van der Waals surface area (Å²) in [6.45, 7) is 0. The molecule has 0 radical (unpaired) electrons. The monoisotopic (exact) mass is 366 g/mol. The highest BCUT2D eigenvalue weighted by molar-refractivity contribution is 9.10. The van der Waals surface area contributed by atoms with Crippen molar-refractivity contribution in [3.05, 3.63) is 47.1 Å². The maximum absolute atomic E-state index is 12.4. The van der Waals surface area contributed by atoms with Crippen LogP contribution in [0.1, 0.15) is 0 Å².